The Kier molecular flexibility index (Phi) is 3.73. The van der Waals surface area contributed by atoms with Crippen molar-refractivity contribution in [3.8, 4) is 0 Å². The Balaban J connectivity index is 2.25. The summed E-state index contributed by atoms with van der Waals surface area (Å²) in [6.45, 7) is 5.78. The molecule has 2 rings (SSSR count). The number of hydroxylamine groups is 2. The second kappa shape index (κ2) is 5.05. The van der Waals surface area contributed by atoms with E-state index < -0.39 is 0 Å². The number of amidine groups is 1. The Labute approximate surface area is 118 Å². The van der Waals surface area contributed by atoms with Gasteiger partial charge in [-0.25, -0.2) is 9.45 Å². The first-order valence-corrected chi connectivity index (χ1v) is 6.70. The van der Waals surface area contributed by atoms with E-state index in [-0.39, 0.29) is 16.8 Å². The van der Waals surface area contributed by atoms with Crippen molar-refractivity contribution in [2.24, 2.45) is 5.16 Å². The van der Waals surface area contributed by atoms with Crippen molar-refractivity contribution >= 4 is 5.84 Å². The van der Waals surface area contributed by atoms with Crippen LogP contribution in [0.15, 0.2) is 29.4 Å². The van der Waals surface area contributed by atoms with Crippen molar-refractivity contribution in [1.29, 1.82) is 0 Å². The molecular formula is C15H21FN2O2. The number of rotatable bonds is 3. The molecule has 0 atom stereocenters. The Morgan fingerprint density at radius 2 is 1.85 bits per heavy atom. The van der Waals surface area contributed by atoms with Crippen LogP contribution < -0.4 is 0 Å². The highest BCUT2D eigenvalue weighted by Crippen LogP contribution is 2.50. The largest absolute Gasteiger partial charge is 0.409 e. The van der Waals surface area contributed by atoms with Gasteiger partial charge < -0.3 is 5.21 Å². The number of benzene rings is 1. The van der Waals surface area contributed by atoms with Crippen LogP contribution in [0.25, 0.3) is 0 Å². The molecule has 1 N–H and O–H groups in total. The van der Waals surface area contributed by atoms with E-state index in [1.165, 1.54) is 17.2 Å². The van der Waals surface area contributed by atoms with Crippen LogP contribution >= 0.6 is 0 Å². The Hall–Kier alpha value is -1.62. The molecule has 0 aromatic heterocycles. The molecule has 4 nitrogen and oxygen atoms in total. The molecule has 1 aromatic carbocycles. The fourth-order valence-corrected chi connectivity index (χ4v) is 2.45. The number of likely N-dealkylation sites (N-methyl/N-ethyl adjacent to an activating group) is 1. The maximum absolute atomic E-state index is 13.0. The van der Waals surface area contributed by atoms with E-state index in [2.05, 4.69) is 5.16 Å². The summed E-state index contributed by atoms with van der Waals surface area (Å²) in [7, 11) is 1.73. The van der Waals surface area contributed by atoms with E-state index in [1.54, 1.807) is 19.2 Å². The van der Waals surface area contributed by atoms with Gasteiger partial charge in [0, 0.05) is 7.05 Å². The molecule has 1 fully saturated rings. The molecule has 5 heteroatoms. The quantitative estimate of drug-likeness (QED) is 0.400. The first kappa shape index (κ1) is 14.8. The van der Waals surface area contributed by atoms with Gasteiger partial charge in [-0.05, 0) is 51.3 Å². The predicted octanol–water partition coefficient (Wildman–Crippen LogP) is 3.31. The average Bonchev–Trinajstić information content (AvgIpc) is 3.10. The second-order valence-corrected chi connectivity index (χ2v) is 6.21. The normalized spacial score (nSPS) is 17.9. The third-order valence-electron chi connectivity index (χ3n) is 3.38. The fraction of sp³-hybridized carbons (Fsp3) is 0.533. The fourth-order valence-electron chi connectivity index (χ4n) is 2.45. The highest BCUT2D eigenvalue weighted by atomic mass is 19.1. The molecular weight excluding hydrogens is 259 g/mol. The molecule has 0 spiro atoms. The zero-order valence-electron chi connectivity index (χ0n) is 12.4. The zero-order chi connectivity index (χ0) is 15.0. The molecule has 0 bridgehead atoms. The summed E-state index contributed by atoms with van der Waals surface area (Å²) in [5, 5.41) is 14.3. The summed E-state index contributed by atoms with van der Waals surface area (Å²) in [5.74, 6) is 0.186. The van der Waals surface area contributed by atoms with Gasteiger partial charge in [0.1, 0.15) is 5.82 Å². The summed E-state index contributed by atoms with van der Waals surface area (Å²) in [4.78, 5) is 5.73. The summed E-state index contributed by atoms with van der Waals surface area (Å²) >= 11 is 0. The van der Waals surface area contributed by atoms with Gasteiger partial charge in [-0.1, -0.05) is 17.3 Å². The Bertz CT molecular complexity index is 502. The van der Waals surface area contributed by atoms with Crippen LogP contribution in [0.1, 0.15) is 39.2 Å². The molecule has 110 valence electrons. The average molecular weight is 280 g/mol. The minimum atomic E-state index is -0.385. The second-order valence-electron chi connectivity index (χ2n) is 6.21. The van der Waals surface area contributed by atoms with Gasteiger partial charge in [0.05, 0.1) is 11.0 Å². The van der Waals surface area contributed by atoms with E-state index in [1.807, 2.05) is 20.8 Å². The lowest BCUT2D eigenvalue weighted by Gasteiger charge is -2.31. The minimum absolute atomic E-state index is 0.272. The highest BCUT2D eigenvalue weighted by molar-refractivity contribution is 5.94. The highest BCUT2D eigenvalue weighted by Gasteiger charge is 2.52. The summed E-state index contributed by atoms with van der Waals surface area (Å²) < 4.78 is 13.0. The number of nitrogens with zero attached hydrogens (tertiary/aromatic N) is 2. The first-order chi connectivity index (χ1) is 9.28. The Morgan fingerprint density at radius 3 is 2.25 bits per heavy atom. The van der Waals surface area contributed by atoms with Crippen LogP contribution in [0.4, 0.5) is 4.39 Å². The van der Waals surface area contributed by atoms with Crippen LogP contribution in [0.2, 0.25) is 0 Å². The van der Waals surface area contributed by atoms with Crippen molar-refractivity contribution in [3.63, 3.8) is 0 Å². The van der Waals surface area contributed by atoms with Gasteiger partial charge in [-0.15, -0.1) is 0 Å². The Morgan fingerprint density at radius 1 is 1.30 bits per heavy atom. The van der Waals surface area contributed by atoms with E-state index in [4.69, 9.17) is 4.84 Å². The van der Waals surface area contributed by atoms with E-state index in [9.17, 15) is 9.60 Å². The van der Waals surface area contributed by atoms with Crippen molar-refractivity contribution in [1.82, 2.24) is 5.06 Å². The van der Waals surface area contributed by atoms with Crippen LogP contribution in [0.5, 0.6) is 0 Å². The lowest BCUT2D eigenvalue weighted by atomic mass is 9.94. The summed E-state index contributed by atoms with van der Waals surface area (Å²) in [6.07, 6.45) is 1.71. The topological polar surface area (TPSA) is 45.1 Å². The van der Waals surface area contributed by atoms with Crippen molar-refractivity contribution < 1.29 is 14.4 Å². The third-order valence-corrected chi connectivity index (χ3v) is 3.38. The van der Waals surface area contributed by atoms with E-state index in [0.717, 1.165) is 18.4 Å². The molecule has 20 heavy (non-hydrogen) atoms. The predicted molar refractivity (Wildman–Crippen MR) is 75.1 cm³/mol. The summed E-state index contributed by atoms with van der Waals surface area (Å²) in [6, 6.07) is 6.32. The number of hydrogen-bond acceptors (Lipinski definition) is 3. The lowest BCUT2D eigenvalue weighted by molar-refractivity contribution is -0.171. The smallest absolute Gasteiger partial charge is 0.178 e. The molecule has 1 saturated carbocycles. The third kappa shape index (κ3) is 2.93. The van der Waals surface area contributed by atoms with Gasteiger partial charge in [-0.3, -0.25) is 4.84 Å². The minimum Gasteiger partial charge on any atom is -0.409 e. The van der Waals surface area contributed by atoms with Gasteiger partial charge in [0.25, 0.3) is 0 Å². The molecule has 0 unspecified atom stereocenters. The zero-order valence-corrected chi connectivity index (χ0v) is 12.4. The van der Waals surface area contributed by atoms with Crippen LogP contribution in [-0.4, -0.2) is 28.8 Å². The maximum Gasteiger partial charge on any atom is 0.178 e. The van der Waals surface area contributed by atoms with Crippen molar-refractivity contribution in [3.05, 3.63) is 35.6 Å². The van der Waals surface area contributed by atoms with E-state index in [0.29, 0.717) is 5.84 Å². The molecule has 1 aliphatic rings. The number of hydrogen-bond donors (Lipinski definition) is 1. The monoisotopic (exact) mass is 280 g/mol. The van der Waals surface area contributed by atoms with Gasteiger partial charge >= 0.3 is 0 Å². The SMILES string of the molecule is CN(OC(C)(C)C)/C(=N\O)C1(c2ccc(F)cc2)CC1. The van der Waals surface area contributed by atoms with Crippen LogP contribution in [0, 0.1) is 5.82 Å². The van der Waals surface area contributed by atoms with Crippen LogP contribution in [0.3, 0.4) is 0 Å². The molecule has 0 radical (unpaired) electrons. The first-order valence-electron chi connectivity index (χ1n) is 6.70. The molecule has 0 aliphatic heterocycles. The lowest BCUT2D eigenvalue weighted by Crippen LogP contribution is -2.41. The standard InChI is InChI=1S/C15H21FN2O2/c1-14(2,3)20-18(4)13(17-19)15(9-10-15)11-5-7-12(16)8-6-11/h5-8,19H,9-10H2,1-4H3/b17-13-. The molecule has 0 saturated heterocycles. The molecule has 0 heterocycles. The number of oxime groups is 1. The molecule has 0 amide bonds. The number of halogens is 1. The molecule has 1 aromatic rings. The van der Waals surface area contributed by atoms with Crippen LogP contribution in [-0.2, 0) is 10.3 Å². The van der Waals surface area contributed by atoms with Crippen molar-refractivity contribution in [2.75, 3.05) is 7.05 Å². The maximum atomic E-state index is 13.0. The van der Waals surface area contributed by atoms with Gasteiger partial charge in [-0.2, -0.15) is 0 Å². The summed E-state index contributed by atoms with van der Waals surface area (Å²) in [5.41, 5.74) is 0.183. The van der Waals surface area contributed by atoms with E-state index >= 15 is 0 Å². The van der Waals surface area contributed by atoms with Crippen molar-refractivity contribution in [2.45, 2.75) is 44.6 Å². The van der Waals surface area contributed by atoms with Gasteiger partial charge in [0.15, 0.2) is 5.84 Å². The molecule has 1 aliphatic carbocycles. The van der Waals surface area contributed by atoms with Gasteiger partial charge in [0.2, 0.25) is 0 Å².